The highest BCUT2D eigenvalue weighted by molar-refractivity contribution is 7.89. The minimum absolute atomic E-state index is 0.111. The Labute approximate surface area is 177 Å². The lowest BCUT2D eigenvalue weighted by Crippen LogP contribution is -2.44. The molecule has 1 N–H and O–H groups in total. The Bertz CT molecular complexity index is 998. The van der Waals surface area contributed by atoms with E-state index in [9.17, 15) is 18.0 Å². The van der Waals surface area contributed by atoms with Crippen LogP contribution in [-0.4, -0.2) is 62.9 Å². The molecule has 1 aromatic heterocycles. The minimum atomic E-state index is -3.92. The standard InChI is InChI=1S/C21H28N2O6S/c1-14-18(15(2)22-19(14)21(25)29-5)20(24)16(3)23(12-9-13-28-4)30(26,27)17-10-7-6-8-11-17/h6-8,10-11,16,22H,9,12-13H2,1-5H3/t16-/m0/s1. The van der Waals surface area contributed by atoms with Crippen molar-refractivity contribution in [1.82, 2.24) is 9.29 Å². The summed E-state index contributed by atoms with van der Waals surface area (Å²) in [5.41, 5.74) is 1.40. The van der Waals surface area contributed by atoms with Gasteiger partial charge in [0.15, 0.2) is 5.78 Å². The number of esters is 1. The second kappa shape index (κ2) is 10.0. The summed E-state index contributed by atoms with van der Waals surface area (Å²) in [6.07, 6.45) is 0.429. The number of nitrogens with one attached hydrogen (secondary N) is 1. The molecule has 8 nitrogen and oxygen atoms in total. The molecule has 0 amide bonds. The Hall–Kier alpha value is -2.49. The van der Waals surface area contributed by atoms with Gasteiger partial charge in [0, 0.05) is 31.5 Å². The molecule has 9 heteroatoms. The molecule has 2 aromatic rings. The Morgan fingerprint density at radius 3 is 2.33 bits per heavy atom. The van der Waals surface area contributed by atoms with E-state index in [1.54, 1.807) is 39.0 Å². The van der Waals surface area contributed by atoms with Crippen LogP contribution in [0.5, 0.6) is 0 Å². The number of H-pyrrole nitrogens is 1. The molecule has 1 aromatic carbocycles. The highest BCUT2D eigenvalue weighted by atomic mass is 32.2. The molecule has 0 saturated carbocycles. The van der Waals surface area contributed by atoms with Crippen LogP contribution < -0.4 is 0 Å². The number of ether oxygens (including phenoxy) is 2. The zero-order valence-electron chi connectivity index (χ0n) is 17.9. The molecule has 2 rings (SSSR count). The normalized spacial score (nSPS) is 12.7. The van der Waals surface area contributed by atoms with E-state index in [-0.39, 0.29) is 17.1 Å². The van der Waals surface area contributed by atoms with Gasteiger partial charge < -0.3 is 14.5 Å². The zero-order valence-corrected chi connectivity index (χ0v) is 18.7. The average molecular weight is 437 g/mol. The molecule has 0 spiro atoms. The molecular formula is C21H28N2O6S. The third-order valence-corrected chi connectivity index (χ3v) is 6.95. The van der Waals surface area contributed by atoms with E-state index in [2.05, 4.69) is 4.98 Å². The summed E-state index contributed by atoms with van der Waals surface area (Å²) in [5.74, 6) is -0.982. The Balaban J connectivity index is 2.46. The monoisotopic (exact) mass is 436 g/mol. The fraction of sp³-hybridized carbons (Fsp3) is 0.429. The molecule has 0 aliphatic rings. The summed E-state index contributed by atoms with van der Waals surface area (Å²) >= 11 is 0. The summed E-state index contributed by atoms with van der Waals surface area (Å²) in [6, 6.07) is 7.01. The van der Waals surface area contributed by atoms with Crippen LogP contribution in [0.3, 0.4) is 0 Å². The minimum Gasteiger partial charge on any atom is -0.464 e. The Kier molecular flexibility index (Phi) is 7.94. The first-order valence-corrected chi connectivity index (χ1v) is 11.0. The summed E-state index contributed by atoms with van der Waals surface area (Å²) in [4.78, 5) is 28.3. The van der Waals surface area contributed by atoms with Crippen molar-refractivity contribution >= 4 is 21.8 Å². The van der Waals surface area contributed by atoms with Gasteiger partial charge in [-0.15, -0.1) is 0 Å². The number of sulfonamides is 1. The highest BCUT2D eigenvalue weighted by Gasteiger charge is 2.35. The number of aryl methyl sites for hydroxylation is 1. The fourth-order valence-corrected chi connectivity index (χ4v) is 5.03. The number of Topliss-reactive ketones (excluding diaryl/α,β-unsaturated/α-hetero) is 1. The predicted octanol–water partition coefficient (Wildman–Crippen LogP) is 2.72. The number of hydrogen-bond acceptors (Lipinski definition) is 6. The summed E-state index contributed by atoms with van der Waals surface area (Å²) in [5, 5.41) is 0. The molecule has 164 valence electrons. The van der Waals surface area contributed by atoms with Gasteiger partial charge in [-0.25, -0.2) is 13.2 Å². The van der Waals surface area contributed by atoms with Crippen LogP contribution in [0.15, 0.2) is 35.2 Å². The van der Waals surface area contributed by atoms with Crippen LogP contribution in [0.2, 0.25) is 0 Å². The third-order valence-electron chi connectivity index (χ3n) is 4.96. The van der Waals surface area contributed by atoms with E-state index in [4.69, 9.17) is 9.47 Å². The van der Waals surface area contributed by atoms with Gasteiger partial charge in [-0.05, 0) is 44.9 Å². The maximum absolute atomic E-state index is 13.4. The number of benzene rings is 1. The smallest absolute Gasteiger partial charge is 0.354 e. The molecule has 0 aliphatic heterocycles. The maximum Gasteiger partial charge on any atom is 0.354 e. The first-order chi connectivity index (χ1) is 14.2. The molecule has 0 radical (unpaired) electrons. The summed E-state index contributed by atoms with van der Waals surface area (Å²) in [7, 11) is -1.13. The SMILES string of the molecule is COCCCN([C@@H](C)C(=O)c1c(C)[nH]c(C(=O)OC)c1C)S(=O)(=O)c1ccccc1. The molecule has 30 heavy (non-hydrogen) atoms. The number of rotatable bonds is 10. The number of methoxy groups -OCH3 is 2. The first-order valence-electron chi connectivity index (χ1n) is 9.54. The van der Waals surface area contributed by atoms with Gasteiger partial charge in [0.2, 0.25) is 10.0 Å². The fourth-order valence-electron chi connectivity index (χ4n) is 3.38. The number of nitrogens with zero attached hydrogens (tertiary/aromatic N) is 1. The van der Waals surface area contributed by atoms with E-state index >= 15 is 0 Å². The Morgan fingerprint density at radius 2 is 1.77 bits per heavy atom. The largest absolute Gasteiger partial charge is 0.464 e. The maximum atomic E-state index is 13.4. The van der Waals surface area contributed by atoms with Crippen LogP contribution in [0.25, 0.3) is 0 Å². The molecule has 1 atom stereocenters. The molecule has 0 fully saturated rings. The van der Waals surface area contributed by atoms with Crippen molar-refractivity contribution in [1.29, 1.82) is 0 Å². The van der Waals surface area contributed by atoms with Crippen LogP contribution in [-0.2, 0) is 19.5 Å². The van der Waals surface area contributed by atoms with Gasteiger partial charge in [-0.2, -0.15) is 4.31 Å². The van der Waals surface area contributed by atoms with Crippen molar-refractivity contribution in [3.05, 3.63) is 52.8 Å². The second-order valence-corrected chi connectivity index (χ2v) is 8.82. The van der Waals surface area contributed by atoms with E-state index in [1.165, 1.54) is 30.7 Å². The topological polar surface area (TPSA) is 106 Å². The van der Waals surface area contributed by atoms with Gasteiger partial charge in [-0.1, -0.05) is 18.2 Å². The number of aromatic nitrogens is 1. The van der Waals surface area contributed by atoms with Gasteiger partial charge in [0.1, 0.15) is 5.69 Å². The average Bonchev–Trinajstić information content (AvgIpc) is 3.04. The van der Waals surface area contributed by atoms with E-state index in [0.29, 0.717) is 29.8 Å². The van der Waals surface area contributed by atoms with Crippen molar-refractivity contribution in [2.75, 3.05) is 27.4 Å². The van der Waals surface area contributed by atoms with Gasteiger partial charge in [0.25, 0.3) is 0 Å². The van der Waals surface area contributed by atoms with Crippen LogP contribution in [0.1, 0.15) is 45.4 Å². The van der Waals surface area contributed by atoms with Gasteiger partial charge in [0.05, 0.1) is 18.0 Å². The van der Waals surface area contributed by atoms with Gasteiger partial charge >= 0.3 is 5.97 Å². The van der Waals surface area contributed by atoms with E-state index < -0.39 is 27.8 Å². The predicted molar refractivity (Wildman–Crippen MR) is 112 cm³/mol. The molecule has 0 unspecified atom stereocenters. The van der Waals surface area contributed by atoms with Crippen molar-refractivity contribution in [2.45, 2.75) is 38.1 Å². The van der Waals surface area contributed by atoms with Crippen LogP contribution in [0, 0.1) is 13.8 Å². The second-order valence-electron chi connectivity index (χ2n) is 6.93. The van der Waals surface area contributed by atoms with E-state index in [1.807, 2.05) is 0 Å². The number of carbonyl (C=O) groups is 2. The van der Waals surface area contributed by atoms with Gasteiger partial charge in [-0.3, -0.25) is 4.79 Å². The zero-order chi connectivity index (χ0) is 22.5. The lowest BCUT2D eigenvalue weighted by atomic mass is 10.0. The highest BCUT2D eigenvalue weighted by Crippen LogP contribution is 2.25. The molecular weight excluding hydrogens is 408 g/mol. The lowest BCUT2D eigenvalue weighted by Gasteiger charge is -2.27. The number of hydrogen-bond donors (Lipinski definition) is 1. The molecule has 1 heterocycles. The third kappa shape index (κ3) is 4.80. The Morgan fingerprint density at radius 1 is 1.13 bits per heavy atom. The van der Waals surface area contributed by atoms with E-state index in [0.717, 1.165) is 0 Å². The van der Waals surface area contributed by atoms with Crippen LogP contribution >= 0.6 is 0 Å². The summed E-state index contributed by atoms with van der Waals surface area (Å²) in [6.45, 7) is 5.33. The van der Waals surface area contributed by atoms with Crippen molar-refractivity contribution in [3.63, 3.8) is 0 Å². The van der Waals surface area contributed by atoms with Crippen LogP contribution in [0.4, 0.5) is 0 Å². The number of ketones is 1. The quantitative estimate of drug-likeness (QED) is 0.349. The lowest BCUT2D eigenvalue weighted by molar-refractivity contribution is 0.0593. The molecule has 0 bridgehead atoms. The van der Waals surface area contributed by atoms with Crippen molar-refractivity contribution in [2.24, 2.45) is 0 Å². The number of carbonyl (C=O) groups excluding carboxylic acids is 2. The first kappa shape index (κ1) is 23.8. The molecule has 0 aliphatic carbocycles. The summed E-state index contributed by atoms with van der Waals surface area (Å²) < 4.78 is 37.6. The number of aromatic amines is 1. The van der Waals surface area contributed by atoms with Crippen molar-refractivity contribution < 1.29 is 27.5 Å². The van der Waals surface area contributed by atoms with Crippen molar-refractivity contribution in [3.8, 4) is 0 Å². The molecule has 0 saturated heterocycles.